The van der Waals surface area contributed by atoms with E-state index < -0.39 is 0 Å². The van der Waals surface area contributed by atoms with Crippen LogP contribution in [-0.2, 0) is 0 Å². The first-order valence-electron chi connectivity index (χ1n) is 5.10. The molecule has 0 aliphatic heterocycles. The van der Waals surface area contributed by atoms with Crippen LogP contribution in [-0.4, -0.2) is 17.3 Å². The van der Waals surface area contributed by atoms with Crippen LogP contribution in [0.5, 0.6) is 17.2 Å². The van der Waals surface area contributed by atoms with Crippen molar-refractivity contribution >= 4 is 5.69 Å². The van der Waals surface area contributed by atoms with Gasteiger partial charge >= 0.3 is 0 Å². The lowest BCUT2D eigenvalue weighted by atomic mass is 10.3. The Morgan fingerprint density at radius 1 is 1.18 bits per heavy atom. The third-order valence-electron chi connectivity index (χ3n) is 2.29. The van der Waals surface area contributed by atoms with E-state index in [1.807, 2.05) is 6.92 Å². The van der Waals surface area contributed by atoms with E-state index in [0.717, 1.165) is 5.69 Å². The Balaban J connectivity index is 2.28. The number of anilines is 1. The van der Waals surface area contributed by atoms with Crippen LogP contribution < -0.4 is 15.2 Å². The van der Waals surface area contributed by atoms with Crippen molar-refractivity contribution in [3.05, 3.63) is 36.2 Å². The number of benzene rings is 1. The summed E-state index contributed by atoms with van der Waals surface area (Å²) >= 11 is 0. The first kappa shape index (κ1) is 11.2. The van der Waals surface area contributed by atoms with Gasteiger partial charge in [0.05, 0.1) is 19.0 Å². The summed E-state index contributed by atoms with van der Waals surface area (Å²) in [4.78, 5) is 0. The Bertz CT molecular complexity index is 529. The molecule has 0 saturated heterocycles. The number of ether oxygens (including phenoxy) is 2. The second-order valence-electron chi connectivity index (χ2n) is 3.49. The summed E-state index contributed by atoms with van der Waals surface area (Å²) in [6, 6.07) is 7.00. The molecule has 0 bridgehead atoms. The molecular formula is C12H13N3O2. The normalized spacial score (nSPS) is 10.0. The van der Waals surface area contributed by atoms with Crippen LogP contribution >= 0.6 is 0 Å². The summed E-state index contributed by atoms with van der Waals surface area (Å²) < 4.78 is 10.8. The third kappa shape index (κ3) is 2.44. The minimum atomic E-state index is 0.574. The second-order valence-corrected chi connectivity index (χ2v) is 3.49. The minimum Gasteiger partial charge on any atom is -0.494 e. The summed E-state index contributed by atoms with van der Waals surface area (Å²) in [7, 11) is 1.56. The zero-order valence-corrected chi connectivity index (χ0v) is 9.68. The zero-order chi connectivity index (χ0) is 12.3. The van der Waals surface area contributed by atoms with Crippen molar-refractivity contribution in [1.82, 2.24) is 10.2 Å². The molecule has 0 amide bonds. The van der Waals surface area contributed by atoms with E-state index in [1.54, 1.807) is 37.6 Å². The van der Waals surface area contributed by atoms with Gasteiger partial charge in [-0.1, -0.05) is 0 Å². The zero-order valence-electron chi connectivity index (χ0n) is 9.68. The van der Waals surface area contributed by atoms with Crippen LogP contribution in [0.1, 0.15) is 5.69 Å². The van der Waals surface area contributed by atoms with Crippen molar-refractivity contribution in [2.45, 2.75) is 6.92 Å². The molecule has 0 unspecified atom stereocenters. The maximum Gasteiger partial charge on any atom is 0.152 e. The molecule has 0 fully saturated rings. The van der Waals surface area contributed by atoms with Gasteiger partial charge in [0.2, 0.25) is 0 Å². The van der Waals surface area contributed by atoms with Crippen LogP contribution in [0.3, 0.4) is 0 Å². The fraction of sp³-hybridized carbons (Fsp3) is 0.167. The van der Waals surface area contributed by atoms with Crippen molar-refractivity contribution in [1.29, 1.82) is 0 Å². The van der Waals surface area contributed by atoms with Crippen molar-refractivity contribution in [2.24, 2.45) is 0 Å². The fourth-order valence-corrected chi connectivity index (χ4v) is 1.38. The minimum absolute atomic E-state index is 0.574. The molecule has 1 aromatic carbocycles. The van der Waals surface area contributed by atoms with Crippen molar-refractivity contribution in [3.8, 4) is 17.2 Å². The SMILES string of the molecule is COc1cc(Oc2ccnnc2C)ccc1N. The molecular weight excluding hydrogens is 218 g/mol. The highest BCUT2D eigenvalue weighted by Crippen LogP contribution is 2.30. The second kappa shape index (κ2) is 4.69. The molecule has 0 atom stereocenters. The molecule has 1 heterocycles. The Morgan fingerprint density at radius 3 is 2.71 bits per heavy atom. The van der Waals surface area contributed by atoms with Gasteiger partial charge in [-0.3, -0.25) is 0 Å². The summed E-state index contributed by atoms with van der Waals surface area (Å²) in [6.07, 6.45) is 1.58. The molecule has 0 radical (unpaired) electrons. The molecule has 1 aromatic heterocycles. The molecule has 17 heavy (non-hydrogen) atoms. The molecule has 0 aliphatic carbocycles. The van der Waals surface area contributed by atoms with E-state index in [0.29, 0.717) is 22.9 Å². The summed E-state index contributed by atoms with van der Waals surface area (Å²) in [5.41, 5.74) is 7.02. The number of hydrogen-bond acceptors (Lipinski definition) is 5. The fourth-order valence-electron chi connectivity index (χ4n) is 1.38. The van der Waals surface area contributed by atoms with E-state index in [1.165, 1.54) is 0 Å². The Labute approximate surface area is 99.2 Å². The topological polar surface area (TPSA) is 70.3 Å². The third-order valence-corrected chi connectivity index (χ3v) is 2.29. The lowest BCUT2D eigenvalue weighted by molar-refractivity contribution is 0.410. The molecule has 2 N–H and O–H groups in total. The highest BCUT2D eigenvalue weighted by atomic mass is 16.5. The van der Waals surface area contributed by atoms with E-state index in [2.05, 4.69) is 10.2 Å². The van der Waals surface area contributed by atoms with Gasteiger partial charge in [-0.15, -0.1) is 0 Å². The molecule has 88 valence electrons. The van der Waals surface area contributed by atoms with E-state index in [-0.39, 0.29) is 0 Å². The number of nitrogens with two attached hydrogens (primary N) is 1. The Kier molecular flexibility index (Phi) is 3.09. The number of aryl methyl sites for hydroxylation is 1. The first-order valence-corrected chi connectivity index (χ1v) is 5.10. The molecule has 0 saturated carbocycles. The van der Waals surface area contributed by atoms with Gasteiger partial charge in [-0.2, -0.15) is 10.2 Å². The van der Waals surface area contributed by atoms with Gasteiger partial charge in [0.25, 0.3) is 0 Å². The monoisotopic (exact) mass is 231 g/mol. The van der Waals surface area contributed by atoms with Gasteiger partial charge in [0.15, 0.2) is 5.75 Å². The average molecular weight is 231 g/mol. The molecule has 0 aliphatic rings. The van der Waals surface area contributed by atoms with E-state index in [4.69, 9.17) is 15.2 Å². The first-order chi connectivity index (χ1) is 8.20. The van der Waals surface area contributed by atoms with Gasteiger partial charge < -0.3 is 15.2 Å². The number of nitrogens with zero attached hydrogens (tertiary/aromatic N) is 2. The van der Waals surface area contributed by atoms with Gasteiger partial charge in [-0.05, 0) is 19.1 Å². The van der Waals surface area contributed by atoms with E-state index in [9.17, 15) is 0 Å². The lowest BCUT2D eigenvalue weighted by Crippen LogP contribution is -1.95. The molecule has 0 spiro atoms. The van der Waals surface area contributed by atoms with Crippen LogP contribution in [0.4, 0.5) is 5.69 Å². The number of aromatic nitrogens is 2. The lowest BCUT2D eigenvalue weighted by Gasteiger charge is -2.09. The standard InChI is InChI=1S/C12H13N3O2/c1-8-11(5-6-14-15-8)17-9-3-4-10(13)12(7-9)16-2/h3-7H,13H2,1-2H3. The average Bonchev–Trinajstić information content (AvgIpc) is 2.34. The van der Waals surface area contributed by atoms with Crippen LogP contribution in [0.25, 0.3) is 0 Å². The van der Waals surface area contributed by atoms with Gasteiger partial charge in [0, 0.05) is 12.1 Å². The van der Waals surface area contributed by atoms with Crippen molar-refractivity contribution in [2.75, 3.05) is 12.8 Å². The number of hydrogen-bond donors (Lipinski definition) is 1. The van der Waals surface area contributed by atoms with Crippen molar-refractivity contribution < 1.29 is 9.47 Å². The maximum atomic E-state index is 5.72. The molecule has 5 nitrogen and oxygen atoms in total. The van der Waals surface area contributed by atoms with Gasteiger partial charge in [-0.25, -0.2) is 0 Å². The van der Waals surface area contributed by atoms with E-state index >= 15 is 0 Å². The number of methoxy groups -OCH3 is 1. The number of rotatable bonds is 3. The molecule has 5 heteroatoms. The van der Waals surface area contributed by atoms with Gasteiger partial charge in [0.1, 0.15) is 17.2 Å². The Hall–Kier alpha value is -2.30. The largest absolute Gasteiger partial charge is 0.494 e. The predicted octanol–water partition coefficient (Wildman–Crippen LogP) is 2.17. The highest BCUT2D eigenvalue weighted by Gasteiger charge is 2.05. The van der Waals surface area contributed by atoms with Crippen LogP contribution in [0, 0.1) is 6.92 Å². The Morgan fingerprint density at radius 2 is 2.00 bits per heavy atom. The molecule has 2 aromatic rings. The van der Waals surface area contributed by atoms with Crippen LogP contribution in [0.2, 0.25) is 0 Å². The number of nitrogen functional groups attached to an aromatic ring is 1. The summed E-state index contributed by atoms with van der Waals surface area (Å²) in [5, 5.41) is 7.66. The quantitative estimate of drug-likeness (QED) is 0.820. The van der Waals surface area contributed by atoms with Crippen molar-refractivity contribution in [3.63, 3.8) is 0 Å². The summed E-state index contributed by atoms with van der Waals surface area (Å²) in [6.45, 7) is 1.83. The maximum absolute atomic E-state index is 5.72. The highest BCUT2D eigenvalue weighted by molar-refractivity contribution is 5.56. The summed E-state index contributed by atoms with van der Waals surface area (Å²) in [5.74, 6) is 1.89. The predicted molar refractivity (Wildman–Crippen MR) is 64.2 cm³/mol. The van der Waals surface area contributed by atoms with Crippen LogP contribution in [0.15, 0.2) is 30.5 Å². The smallest absolute Gasteiger partial charge is 0.152 e. The molecule has 2 rings (SSSR count).